The number of carboxylic acid groups (broad SMARTS) is 1. The summed E-state index contributed by atoms with van der Waals surface area (Å²) >= 11 is 0. The van der Waals surface area contributed by atoms with E-state index in [1.54, 1.807) is 0 Å². The van der Waals surface area contributed by atoms with Gasteiger partial charge in [-0.25, -0.2) is 4.79 Å². The second-order valence-corrected chi connectivity index (χ2v) is 5.24. The molecule has 2 rings (SSSR count). The summed E-state index contributed by atoms with van der Waals surface area (Å²) in [7, 11) is 0. The molecule has 1 aromatic rings. The number of carbonyl (C=O) groups is 1. The molecule has 1 fully saturated rings. The van der Waals surface area contributed by atoms with Crippen molar-refractivity contribution in [3.63, 3.8) is 0 Å². The lowest BCUT2D eigenvalue weighted by molar-refractivity contribution is 0.0696. The van der Waals surface area contributed by atoms with Crippen molar-refractivity contribution in [1.29, 1.82) is 0 Å². The minimum Gasteiger partial charge on any atom is -0.478 e. The molecule has 3 nitrogen and oxygen atoms in total. The molecule has 0 spiro atoms. The van der Waals surface area contributed by atoms with Gasteiger partial charge >= 0.3 is 5.97 Å². The number of aromatic carboxylic acids is 1. The van der Waals surface area contributed by atoms with Gasteiger partial charge in [0.15, 0.2) is 0 Å². The van der Waals surface area contributed by atoms with E-state index in [-0.39, 0.29) is 0 Å². The van der Waals surface area contributed by atoms with Gasteiger partial charge in [0.05, 0.1) is 5.56 Å². The van der Waals surface area contributed by atoms with Gasteiger partial charge in [-0.1, -0.05) is 12.5 Å². The lowest BCUT2D eigenvalue weighted by Crippen LogP contribution is -2.35. The summed E-state index contributed by atoms with van der Waals surface area (Å²) in [6.45, 7) is 4.95. The minimum absolute atomic E-state index is 0.445. The van der Waals surface area contributed by atoms with Crippen LogP contribution >= 0.6 is 0 Å². The average Bonchev–Trinajstić information content (AvgIpc) is 2.34. The van der Waals surface area contributed by atoms with Crippen molar-refractivity contribution in [1.82, 2.24) is 5.32 Å². The first-order valence-corrected chi connectivity index (χ1v) is 6.64. The zero-order valence-electron chi connectivity index (χ0n) is 11.1. The van der Waals surface area contributed by atoms with Crippen LogP contribution in [0.5, 0.6) is 0 Å². The van der Waals surface area contributed by atoms with Crippen molar-refractivity contribution in [3.05, 3.63) is 34.4 Å². The third-order valence-corrected chi connectivity index (χ3v) is 3.85. The molecule has 1 atom stereocenters. The molecule has 0 aliphatic carbocycles. The summed E-state index contributed by atoms with van der Waals surface area (Å²) in [6, 6.07) is 4.46. The number of piperidine rings is 1. The van der Waals surface area contributed by atoms with E-state index in [4.69, 9.17) is 0 Å². The van der Waals surface area contributed by atoms with Crippen LogP contribution in [0.25, 0.3) is 0 Å². The molecular formula is C15H21NO2. The second-order valence-electron chi connectivity index (χ2n) is 5.24. The Kier molecular flexibility index (Phi) is 4.02. The van der Waals surface area contributed by atoms with E-state index < -0.39 is 5.97 Å². The van der Waals surface area contributed by atoms with Crippen molar-refractivity contribution in [2.75, 3.05) is 6.54 Å². The Morgan fingerprint density at radius 3 is 2.78 bits per heavy atom. The molecule has 1 aliphatic heterocycles. The van der Waals surface area contributed by atoms with E-state index in [2.05, 4.69) is 11.4 Å². The summed E-state index contributed by atoms with van der Waals surface area (Å²) in [5.74, 6) is -0.825. The first kappa shape index (κ1) is 13.1. The maximum Gasteiger partial charge on any atom is 0.335 e. The summed E-state index contributed by atoms with van der Waals surface area (Å²) < 4.78 is 0. The van der Waals surface area contributed by atoms with Gasteiger partial charge in [-0.05, 0) is 62.4 Å². The molecule has 1 aromatic carbocycles. The molecule has 0 aromatic heterocycles. The van der Waals surface area contributed by atoms with Gasteiger partial charge in [0, 0.05) is 6.04 Å². The molecule has 0 amide bonds. The molecule has 2 N–H and O–H groups in total. The maximum absolute atomic E-state index is 11.2. The normalized spacial score (nSPS) is 19.8. The van der Waals surface area contributed by atoms with Crippen LogP contribution in [-0.4, -0.2) is 23.7 Å². The highest BCUT2D eigenvalue weighted by molar-refractivity contribution is 5.90. The van der Waals surface area contributed by atoms with Crippen molar-refractivity contribution >= 4 is 5.97 Å². The number of benzene rings is 1. The SMILES string of the molecule is Cc1cc(CC2CCCCN2)cc(C(=O)O)c1C. The standard InChI is InChI=1S/C15H21NO2/c1-10-7-12(8-13-5-3-4-6-16-13)9-14(11(10)2)15(17)18/h7,9,13,16H,3-6,8H2,1-2H3,(H,17,18). The van der Waals surface area contributed by atoms with Gasteiger partial charge in [0.2, 0.25) is 0 Å². The third kappa shape index (κ3) is 2.91. The number of rotatable bonds is 3. The van der Waals surface area contributed by atoms with Crippen molar-refractivity contribution < 1.29 is 9.90 Å². The van der Waals surface area contributed by atoms with Crippen molar-refractivity contribution in [2.24, 2.45) is 0 Å². The average molecular weight is 247 g/mol. The van der Waals surface area contributed by atoms with Crippen molar-refractivity contribution in [2.45, 2.75) is 45.6 Å². The Morgan fingerprint density at radius 2 is 2.17 bits per heavy atom. The lowest BCUT2D eigenvalue weighted by Gasteiger charge is -2.24. The van der Waals surface area contributed by atoms with Crippen LogP contribution in [0.15, 0.2) is 12.1 Å². The number of carboxylic acids is 1. The van der Waals surface area contributed by atoms with E-state index >= 15 is 0 Å². The summed E-state index contributed by atoms with van der Waals surface area (Å²) in [4.78, 5) is 11.2. The molecule has 1 heterocycles. The summed E-state index contributed by atoms with van der Waals surface area (Å²) in [5, 5.41) is 12.7. The number of nitrogens with one attached hydrogen (secondary N) is 1. The van der Waals surface area contributed by atoms with E-state index in [0.717, 1.165) is 29.7 Å². The fourth-order valence-corrected chi connectivity index (χ4v) is 2.66. The molecule has 0 radical (unpaired) electrons. The molecule has 18 heavy (non-hydrogen) atoms. The Bertz CT molecular complexity index is 448. The molecular weight excluding hydrogens is 226 g/mol. The fraction of sp³-hybridized carbons (Fsp3) is 0.533. The molecule has 3 heteroatoms. The van der Waals surface area contributed by atoms with Crippen LogP contribution in [0.4, 0.5) is 0 Å². The molecule has 98 valence electrons. The predicted molar refractivity (Wildman–Crippen MR) is 72.2 cm³/mol. The fourth-order valence-electron chi connectivity index (χ4n) is 2.66. The highest BCUT2D eigenvalue weighted by Crippen LogP contribution is 2.19. The Labute approximate surface area is 108 Å². The third-order valence-electron chi connectivity index (χ3n) is 3.85. The topological polar surface area (TPSA) is 49.3 Å². The van der Waals surface area contributed by atoms with Crippen LogP contribution < -0.4 is 5.32 Å². The molecule has 1 saturated heterocycles. The second kappa shape index (κ2) is 5.53. The van der Waals surface area contributed by atoms with E-state index in [9.17, 15) is 9.90 Å². The van der Waals surface area contributed by atoms with Crippen LogP contribution in [0.2, 0.25) is 0 Å². The van der Waals surface area contributed by atoms with Crippen molar-refractivity contribution in [3.8, 4) is 0 Å². The van der Waals surface area contributed by atoms with Gasteiger partial charge < -0.3 is 10.4 Å². The first-order chi connectivity index (χ1) is 8.58. The lowest BCUT2D eigenvalue weighted by atomic mass is 9.93. The smallest absolute Gasteiger partial charge is 0.335 e. The quantitative estimate of drug-likeness (QED) is 0.863. The van der Waals surface area contributed by atoms with Gasteiger partial charge in [-0.2, -0.15) is 0 Å². The Morgan fingerprint density at radius 1 is 1.39 bits per heavy atom. The molecule has 1 aliphatic rings. The predicted octanol–water partition coefficient (Wildman–Crippen LogP) is 2.69. The van der Waals surface area contributed by atoms with Crippen LogP contribution in [0, 0.1) is 13.8 Å². The zero-order chi connectivity index (χ0) is 13.1. The molecule has 0 bridgehead atoms. The van der Waals surface area contributed by atoms with Gasteiger partial charge in [-0.3, -0.25) is 0 Å². The Hall–Kier alpha value is -1.35. The maximum atomic E-state index is 11.2. The molecule has 1 unspecified atom stereocenters. The highest BCUT2D eigenvalue weighted by atomic mass is 16.4. The van der Waals surface area contributed by atoms with Crippen LogP contribution in [-0.2, 0) is 6.42 Å². The largest absolute Gasteiger partial charge is 0.478 e. The van der Waals surface area contributed by atoms with Crippen LogP contribution in [0.1, 0.15) is 46.3 Å². The van der Waals surface area contributed by atoms with Gasteiger partial charge in [-0.15, -0.1) is 0 Å². The number of hydrogen-bond acceptors (Lipinski definition) is 2. The minimum atomic E-state index is -0.825. The summed E-state index contributed by atoms with van der Waals surface area (Å²) in [5.41, 5.74) is 3.53. The number of hydrogen-bond donors (Lipinski definition) is 2. The highest BCUT2D eigenvalue weighted by Gasteiger charge is 2.16. The number of aryl methyl sites for hydroxylation is 1. The molecule has 0 saturated carbocycles. The van der Waals surface area contributed by atoms with E-state index in [1.807, 2.05) is 19.9 Å². The Balaban J connectivity index is 2.20. The monoisotopic (exact) mass is 247 g/mol. The summed E-state index contributed by atoms with van der Waals surface area (Å²) in [6.07, 6.45) is 4.65. The van der Waals surface area contributed by atoms with Gasteiger partial charge in [0.1, 0.15) is 0 Å². The van der Waals surface area contributed by atoms with Gasteiger partial charge in [0.25, 0.3) is 0 Å². The van der Waals surface area contributed by atoms with E-state index in [1.165, 1.54) is 19.3 Å². The first-order valence-electron chi connectivity index (χ1n) is 6.64. The van der Waals surface area contributed by atoms with Crippen LogP contribution in [0.3, 0.4) is 0 Å². The van der Waals surface area contributed by atoms with E-state index in [0.29, 0.717) is 11.6 Å². The zero-order valence-corrected chi connectivity index (χ0v) is 11.1.